The summed E-state index contributed by atoms with van der Waals surface area (Å²) in [7, 11) is 0. The molecule has 1 aliphatic rings. The number of hydrogen-bond donors (Lipinski definition) is 1. The van der Waals surface area contributed by atoms with Crippen molar-refractivity contribution in [2.75, 3.05) is 36.4 Å². The summed E-state index contributed by atoms with van der Waals surface area (Å²) in [6.07, 6.45) is 5.69. The Kier molecular flexibility index (Phi) is 6.63. The molecule has 5 rings (SSSR count). The number of piperidine rings is 1. The quantitative estimate of drug-likeness (QED) is 0.392. The molecule has 0 amide bonds. The minimum absolute atomic E-state index is 0.259. The fourth-order valence-electron chi connectivity index (χ4n) is 5.06. The number of anilines is 3. The summed E-state index contributed by atoms with van der Waals surface area (Å²) in [6.45, 7) is 10.8. The van der Waals surface area contributed by atoms with Gasteiger partial charge in [0.05, 0.1) is 17.3 Å². The van der Waals surface area contributed by atoms with E-state index in [1.54, 1.807) is 12.3 Å². The van der Waals surface area contributed by atoms with Crippen LogP contribution in [0.25, 0.3) is 16.7 Å². The molecule has 182 valence electrons. The third kappa shape index (κ3) is 4.71. The highest BCUT2D eigenvalue weighted by atomic mass is 19.1. The molecule has 2 aromatic carbocycles. The minimum Gasteiger partial charge on any atom is -0.371 e. The molecule has 1 fully saturated rings. The van der Waals surface area contributed by atoms with Crippen molar-refractivity contribution >= 4 is 28.2 Å². The number of benzene rings is 2. The SMILES string of the molecule is CCN(CC)C1CCN(c2ccc(-n3ncc4c(Nc5ccc(F)cc5C)ncnc43)cc2)CC1. The summed E-state index contributed by atoms with van der Waals surface area (Å²) in [5.74, 6) is 0.383. The van der Waals surface area contributed by atoms with Crippen molar-refractivity contribution in [3.05, 3.63) is 66.4 Å². The Labute approximate surface area is 205 Å². The molecule has 0 aliphatic carbocycles. The Bertz CT molecular complexity index is 1290. The number of fused-ring (bicyclic) bond motifs is 1. The molecule has 1 saturated heterocycles. The summed E-state index contributed by atoms with van der Waals surface area (Å²) >= 11 is 0. The van der Waals surface area contributed by atoms with Gasteiger partial charge in [-0.05, 0) is 80.9 Å². The molecule has 2 aromatic heterocycles. The van der Waals surface area contributed by atoms with Crippen LogP contribution in [0.3, 0.4) is 0 Å². The zero-order valence-corrected chi connectivity index (χ0v) is 20.6. The lowest BCUT2D eigenvalue weighted by Gasteiger charge is -2.38. The topological polar surface area (TPSA) is 62.1 Å². The van der Waals surface area contributed by atoms with Crippen LogP contribution < -0.4 is 10.2 Å². The van der Waals surface area contributed by atoms with E-state index in [1.807, 2.05) is 11.6 Å². The van der Waals surface area contributed by atoms with Gasteiger partial charge in [-0.25, -0.2) is 19.0 Å². The van der Waals surface area contributed by atoms with Crippen LogP contribution in [-0.2, 0) is 0 Å². The number of halogens is 1. The summed E-state index contributed by atoms with van der Waals surface area (Å²) in [5.41, 5.74) is 4.51. The Morgan fingerprint density at radius 3 is 2.40 bits per heavy atom. The number of rotatable bonds is 7. The van der Waals surface area contributed by atoms with Gasteiger partial charge in [-0.1, -0.05) is 13.8 Å². The van der Waals surface area contributed by atoms with Crippen molar-refractivity contribution in [2.45, 2.75) is 39.7 Å². The molecule has 1 N–H and O–H groups in total. The molecule has 4 aromatic rings. The van der Waals surface area contributed by atoms with E-state index >= 15 is 0 Å². The van der Waals surface area contributed by atoms with Crippen molar-refractivity contribution in [2.24, 2.45) is 0 Å². The standard InChI is InChI=1S/C27H32FN7/c1-4-33(5-2)22-12-14-34(15-13-22)21-7-9-23(10-8-21)35-27-24(17-31-35)26(29-18-30-27)32-25-11-6-20(28)16-19(25)3/h6-11,16-18,22H,4-5,12-15H2,1-3H3,(H,29,30,32). The first-order valence-electron chi connectivity index (χ1n) is 12.4. The van der Waals surface area contributed by atoms with E-state index in [1.165, 1.54) is 37.0 Å². The predicted octanol–water partition coefficient (Wildman–Crippen LogP) is 5.32. The Morgan fingerprint density at radius 2 is 1.71 bits per heavy atom. The van der Waals surface area contributed by atoms with Gasteiger partial charge in [0.1, 0.15) is 18.0 Å². The maximum atomic E-state index is 13.5. The second kappa shape index (κ2) is 10.00. The molecule has 3 heterocycles. The third-order valence-corrected chi connectivity index (χ3v) is 7.06. The number of hydrogen-bond acceptors (Lipinski definition) is 6. The van der Waals surface area contributed by atoms with Crippen molar-refractivity contribution in [3.63, 3.8) is 0 Å². The van der Waals surface area contributed by atoms with E-state index in [-0.39, 0.29) is 5.82 Å². The van der Waals surface area contributed by atoms with Gasteiger partial charge in [0.25, 0.3) is 0 Å². The molecule has 8 heteroatoms. The molecule has 35 heavy (non-hydrogen) atoms. The molecule has 1 aliphatic heterocycles. The molecule has 7 nitrogen and oxygen atoms in total. The van der Waals surface area contributed by atoms with Gasteiger partial charge in [0.15, 0.2) is 5.65 Å². The van der Waals surface area contributed by atoms with E-state index in [0.29, 0.717) is 11.9 Å². The number of nitrogens with zero attached hydrogens (tertiary/aromatic N) is 6. The highest BCUT2D eigenvalue weighted by Gasteiger charge is 2.23. The summed E-state index contributed by atoms with van der Waals surface area (Å²) in [6, 6.07) is 13.9. The zero-order valence-electron chi connectivity index (χ0n) is 20.6. The highest BCUT2D eigenvalue weighted by Crippen LogP contribution is 2.28. The average molecular weight is 474 g/mol. The van der Waals surface area contributed by atoms with Crippen LogP contribution >= 0.6 is 0 Å². The Morgan fingerprint density at radius 1 is 1.00 bits per heavy atom. The van der Waals surface area contributed by atoms with E-state index in [4.69, 9.17) is 0 Å². The van der Waals surface area contributed by atoms with Crippen LogP contribution in [0.1, 0.15) is 32.3 Å². The fraction of sp³-hybridized carbons (Fsp3) is 0.370. The summed E-state index contributed by atoms with van der Waals surface area (Å²) in [5, 5.41) is 8.69. The largest absolute Gasteiger partial charge is 0.371 e. The highest BCUT2D eigenvalue weighted by molar-refractivity contribution is 5.89. The van der Waals surface area contributed by atoms with Gasteiger partial charge in [0, 0.05) is 30.5 Å². The van der Waals surface area contributed by atoms with Crippen LogP contribution in [0, 0.1) is 12.7 Å². The van der Waals surface area contributed by atoms with E-state index in [9.17, 15) is 4.39 Å². The molecule has 0 saturated carbocycles. The fourth-order valence-corrected chi connectivity index (χ4v) is 5.06. The second-order valence-corrected chi connectivity index (χ2v) is 9.06. The van der Waals surface area contributed by atoms with Gasteiger partial charge >= 0.3 is 0 Å². The maximum Gasteiger partial charge on any atom is 0.168 e. The smallest absolute Gasteiger partial charge is 0.168 e. The number of aromatic nitrogens is 4. The molecular formula is C27H32FN7. The van der Waals surface area contributed by atoms with E-state index in [0.717, 1.165) is 54.2 Å². The zero-order chi connectivity index (χ0) is 24.4. The lowest BCUT2D eigenvalue weighted by atomic mass is 10.0. The normalized spacial score (nSPS) is 14.7. The van der Waals surface area contributed by atoms with Gasteiger partial charge in [0.2, 0.25) is 0 Å². The van der Waals surface area contributed by atoms with E-state index < -0.39 is 0 Å². The first kappa shape index (κ1) is 23.2. The van der Waals surface area contributed by atoms with Crippen molar-refractivity contribution in [1.29, 1.82) is 0 Å². The van der Waals surface area contributed by atoms with Crippen LogP contribution in [0.4, 0.5) is 21.6 Å². The third-order valence-electron chi connectivity index (χ3n) is 7.06. The lowest BCUT2D eigenvalue weighted by molar-refractivity contribution is 0.186. The summed E-state index contributed by atoms with van der Waals surface area (Å²) < 4.78 is 15.3. The molecule has 0 unspecified atom stereocenters. The molecule has 0 atom stereocenters. The predicted molar refractivity (Wildman–Crippen MR) is 139 cm³/mol. The lowest BCUT2D eigenvalue weighted by Crippen LogP contribution is -2.44. The molecule has 0 bridgehead atoms. The van der Waals surface area contributed by atoms with Crippen molar-refractivity contribution < 1.29 is 4.39 Å². The second-order valence-electron chi connectivity index (χ2n) is 9.06. The minimum atomic E-state index is -0.259. The maximum absolute atomic E-state index is 13.5. The van der Waals surface area contributed by atoms with Gasteiger partial charge in [-0.3, -0.25) is 0 Å². The van der Waals surface area contributed by atoms with Crippen LogP contribution in [0.2, 0.25) is 0 Å². The Balaban J connectivity index is 1.34. The van der Waals surface area contributed by atoms with Crippen molar-refractivity contribution in [3.8, 4) is 5.69 Å². The van der Waals surface area contributed by atoms with Gasteiger partial charge in [-0.15, -0.1) is 0 Å². The van der Waals surface area contributed by atoms with Crippen LogP contribution in [-0.4, -0.2) is 56.9 Å². The van der Waals surface area contributed by atoms with E-state index in [2.05, 4.69) is 68.3 Å². The van der Waals surface area contributed by atoms with Gasteiger partial charge < -0.3 is 15.1 Å². The number of nitrogens with one attached hydrogen (secondary N) is 1. The molecule has 0 radical (unpaired) electrons. The first-order valence-corrected chi connectivity index (χ1v) is 12.4. The monoisotopic (exact) mass is 473 g/mol. The van der Waals surface area contributed by atoms with Crippen LogP contribution in [0.5, 0.6) is 0 Å². The summed E-state index contributed by atoms with van der Waals surface area (Å²) in [4.78, 5) is 13.9. The number of aryl methyl sites for hydroxylation is 1. The average Bonchev–Trinajstić information content (AvgIpc) is 3.32. The molecule has 0 spiro atoms. The van der Waals surface area contributed by atoms with Gasteiger partial charge in [-0.2, -0.15) is 5.10 Å². The first-order chi connectivity index (χ1) is 17.1. The van der Waals surface area contributed by atoms with Crippen molar-refractivity contribution in [1.82, 2.24) is 24.6 Å². The van der Waals surface area contributed by atoms with Crippen LogP contribution in [0.15, 0.2) is 55.0 Å². The Hall–Kier alpha value is -3.52. The molecular weight excluding hydrogens is 441 g/mol.